The minimum Gasteiger partial charge on any atom is -0.330 e. The van der Waals surface area contributed by atoms with Gasteiger partial charge in [0.1, 0.15) is 0 Å². The van der Waals surface area contributed by atoms with E-state index >= 15 is 0 Å². The Hall–Kier alpha value is -1.35. The lowest BCUT2D eigenvalue weighted by Gasteiger charge is -2.35. The molecule has 1 aliphatic heterocycles. The smallest absolute Gasteiger partial charge is 0.231 e. The van der Waals surface area contributed by atoms with Crippen LogP contribution in [0.3, 0.4) is 0 Å². The molecular formula is C17H26N2O. The molecule has 1 aromatic carbocycles. The summed E-state index contributed by atoms with van der Waals surface area (Å²) in [5.74, 6) is 1.13. The molecular weight excluding hydrogens is 248 g/mol. The maximum atomic E-state index is 12.8. The van der Waals surface area contributed by atoms with Gasteiger partial charge in [-0.1, -0.05) is 39.0 Å². The first-order valence-electron chi connectivity index (χ1n) is 7.62. The van der Waals surface area contributed by atoms with Gasteiger partial charge in [-0.3, -0.25) is 4.79 Å². The van der Waals surface area contributed by atoms with Crippen molar-refractivity contribution in [2.75, 3.05) is 18.0 Å². The van der Waals surface area contributed by atoms with Crippen LogP contribution in [0.4, 0.5) is 5.69 Å². The molecule has 1 heterocycles. The number of fused-ring (bicyclic) bond motifs is 1. The Morgan fingerprint density at radius 2 is 2.10 bits per heavy atom. The third-order valence-electron chi connectivity index (χ3n) is 4.00. The van der Waals surface area contributed by atoms with Gasteiger partial charge in [0, 0.05) is 18.8 Å². The van der Waals surface area contributed by atoms with Crippen LogP contribution < -0.4 is 10.6 Å². The van der Waals surface area contributed by atoms with Crippen molar-refractivity contribution in [1.82, 2.24) is 0 Å². The predicted octanol–water partition coefficient (Wildman–Crippen LogP) is 2.83. The van der Waals surface area contributed by atoms with Crippen LogP contribution in [0.1, 0.15) is 32.8 Å². The van der Waals surface area contributed by atoms with Gasteiger partial charge in [0.05, 0.1) is 5.92 Å². The fraction of sp³-hybridized carbons (Fsp3) is 0.588. The van der Waals surface area contributed by atoms with Gasteiger partial charge in [-0.05, 0) is 36.3 Å². The lowest BCUT2D eigenvalue weighted by atomic mass is 9.90. The van der Waals surface area contributed by atoms with Crippen molar-refractivity contribution in [3.05, 3.63) is 29.8 Å². The summed E-state index contributed by atoms with van der Waals surface area (Å²) >= 11 is 0. The lowest BCUT2D eigenvalue weighted by Crippen LogP contribution is -2.44. The van der Waals surface area contributed by atoms with Crippen molar-refractivity contribution in [2.45, 2.75) is 33.6 Å². The van der Waals surface area contributed by atoms with Gasteiger partial charge in [0.25, 0.3) is 0 Å². The largest absolute Gasteiger partial charge is 0.330 e. The van der Waals surface area contributed by atoms with Crippen molar-refractivity contribution in [3.8, 4) is 0 Å². The number of carbonyl (C=O) groups excluding carboxylic acids is 1. The number of hydrogen-bond acceptors (Lipinski definition) is 2. The van der Waals surface area contributed by atoms with Crippen LogP contribution in [0, 0.1) is 17.8 Å². The molecule has 0 bridgehead atoms. The van der Waals surface area contributed by atoms with Crippen LogP contribution in [-0.4, -0.2) is 19.0 Å². The van der Waals surface area contributed by atoms with E-state index in [1.165, 1.54) is 5.56 Å². The molecule has 0 radical (unpaired) electrons. The molecule has 2 atom stereocenters. The molecule has 0 spiro atoms. The highest BCUT2D eigenvalue weighted by atomic mass is 16.2. The third kappa shape index (κ3) is 3.21. The first kappa shape index (κ1) is 15.0. The average Bonchev–Trinajstić information content (AvgIpc) is 2.42. The fourth-order valence-corrected chi connectivity index (χ4v) is 3.09. The summed E-state index contributed by atoms with van der Waals surface area (Å²) in [7, 11) is 0. The molecule has 0 saturated carbocycles. The summed E-state index contributed by atoms with van der Waals surface area (Å²) in [5.41, 5.74) is 8.19. The third-order valence-corrected chi connectivity index (χ3v) is 4.00. The SMILES string of the molecule is CC(C)CC(CN)C(=O)N1CC(C)Cc2ccccc21. The quantitative estimate of drug-likeness (QED) is 0.917. The molecule has 0 saturated heterocycles. The van der Waals surface area contributed by atoms with Crippen molar-refractivity contribution in [1.29, 1.82) is 0 Å². The van der Waals surface area contributed by atoms with E-state index in [-0.39, 0.29) is 11.8 Å². The minimum atomic E-state index is -0.0617. The molecule has 3 nitrogen and oxygen atoms in total. The summed E-state index contributed by atoms with van der Waals surface area (Å²) in [4.78, 5) is 14.8. The maximum absolute atomic E-state index is 12.8. The number of amides is 1. The summed E-state index contributed by atoms with van der Waals surface area (Å²) < 4.78 is 0. The molecule has 2 rings (SSSR count). The topological polar surface area (TPSA) is 46.3 Å². The molecule has 0 aromatic heterocycles. The molecule has 1 amide bonds. The second kappa shape index (κ2) is 6.40. The molecule has 2 unspecified atom stereocenters. The van der Waals surface area contributed by atoms with E-state index in [9.17, 15) is 4.79 Å². The Bertz CT molecular complexity index is 470. The number of carbonyl (C=O) groups is 1. The second-order valence-corrected chi connectivity index (χ2v) is 6.45. The van der Waals surface area contributed by atoms with E-state index in [2.05, 4.69) is 32.9 Å². The van der Waals surface area contributed by atoms with E-state index in [1.807, 2.05) is 17.0 Å². The van der Waals surface area contributed by atoms with Crippen LogP contribution in [0.25, 0.3) is 0 Å². The molecule has 0 aliphatic carbocycles. The molecule has 1 aliphatic rings. The molecule has 2 N–H and O–H groups in total. The van der Waals surface area contributed by atoms with Gasteiger partial charge >= 0.3 is 0 Å². The van der Waals surface area contributed by atoms with E-state index in [0.717, 1.165) is 25.1 Å². The zero-order valence-corrected chi connectivity index (χ0v) is 12.8. The van der Waals surface area contributed by atoms with Crippen molar-refractivity contribution in [3.63, 3.8) is 0 Å². The summed E-state index contributed by atoms with van der Waals surface area (Å²) in [6.07, 6.45) is 1.92. The van der Waals surface area contributed by atoms with E-state index in [1.54, 1.807) is 0 Å². The number of benzene rings is 1. The van der Waals surface area contributed by atoms with Crippen LogP contribution in [0.2, 0.25) is 0 Å². The molecule has 20 heavy (non-hydrogen) atoms. The monoisotopic (exact) mass is 274 g/mol. The normalized spacial score (nSPS) is 19.9. The highest BCUT2D eigenvalue weighted by Gasteiger charge is 2.30. The van der Waals surface area contributed by atoms with Gasteiger partial charge in [0.15, 0.2) is 0 Å². The fourth-order valence-electron chi connectivity index (χ4n) is 3.09. The second-order valence-electron chi connectivity index (χ2n) is 6.45. The highest BCUT2D eigenvalue weighted by Crippen LogP contribution is 2.31. The van der Waals surface area contributed by atoms with Crippen LogP contribution in [-0.2, 0) is 11.2 Å². The van der Waals surface area contributed by atoms with Gasteiger partial charge in [0.2, 0.25) is 5.91 Å². The Kier molecular flexibility index (Phi) is 4.81. The van der Waals surface area contributed by atoms with Crippen LogP contribution in [0.15, 0.2) is 24.3 Å². The minimum absolute atomic E-state index is 0.0617. The Balaban J connectivity index is 2.25. The summed E-state index contributed by atoms with van der Waals surface area (Å²) in [6.45, 7) is 7.73. The predicted molar refractivity (Wildman–Crippen MR) is 83.7 cm³/mol. The van der Waals surface area contributed by atoms with Crippen LogP contribution >= 0.6 is 0 Å². The Morgan fingerprint density at radius 1 is 1.40 bits per heavy atom. The lowest BCUT2D eigenvalue weighted by molar-refractivity contribution is -0.122. The number of nitrogens with two attached hydrogens (primary N) is 1. The van der Waals surface area contributed by atoms with Gasteiger partial charge in [-0.2, -0.15) is 0 Å². The van der Waals surface area contributed by atoms with E-state index < -0.39 is 0 Å². The zero-order valence-electron chi connectivity index (χ0n) is 12.8. The number of anilines is 1. The highest BCUT2D eigenvalue weighted by molar-refractivity contribution is 5.96. The number of rotatable bonds is 4. The standard InChI is InChI=1S/C17H26N2O/c1-12(2)8-15(10-18)17(20)19-11-13(3)9-14-6-4-5-7-16(14)19/h4-7,12-13,15H,8-11,18H2,1-3H3. The number of para-hydroxylation sites is 1. The molecule has 1 aromatic rings. The first-order chi connectivity index (χ1) is 9.52. The van der Waals surface area contributed by atoms with Gasteiger partial charge < -0.3 is 10.6 Å². The Labute approximate surface area is 122 Å². The Morgan fingerprint density at radius 3 is 2.75 bits per heavy atom. The average molecular weight is 274 g/mol. The van der Waals surface area contributed by atoms with Crippen molar-refractivity contribution < 1.29 is 4.79 Å². The van der Waals surface area contributed by atoms with E-state index in [0.29, 0.717) is 18.4 Å². The molecule has 110 valence electrons. The van der Waals surface area contributed by atoms with Gasteiger partial charge in [-0.15, -0.1) is 0 Å². The summed E-state index contributed by atoms with van der Waals surface area (Å²) in [6, 6.07) is 8.25. The summed E-state index contributed by atoms with van der Waals surface area (Å²) in [5, 5.41) is 0. The van der Waals surface area contributed by atoms with Crippen LogP contribution in [0.5, 0.6) is 0 Å². The number of nitrogens with zero attached hydrogens (tertiary/aromatic N) is 1. The zero-order chi connectivity index (χ0) is 14.7. The van der Waals surface area contributed by atoms with Crippen molar-refractivity contribution in [2.24, 2.45) is 23.5 Å². The van der Waals surface area contributed by atoms with Crippen molar-refractivity contribution >= 4 is 11.6 Å². The van der Waals surface area contributed by atoms with E-state index in [4.69, 9.17) is 5.73 Å². The molecule has 0 fully saturated rings. The number of hydrogen-bond donors (Lipinski definition) is 1. The first-order valence-corrected chi connectivity index (χ1v) is 7.62. The molecule has 3 heteroatoms. The maximum Gasteiger partial charge on any atom is 0.231 e. The van der Waals surface area contributed by atoms with Gasteiger partial charge in [-0.25, -0.2) is 0 Å².